The molecule has 1 aliphatic heterocycles. The average molecular weight is 415 g/mol. The molecule has 1 aliphatic rings. The van der Waals surface area contributed by atoms with Crippen molar-refractivity contribution in [2.45, 2.75) is 18.5 Å². The molecule has 3 aromatic rings. The fourth-order valence-corrected chi connectivity index (χ4v) is 3.65. The van der Waals surface area contributed by atoms with Crippen molar-refractivity contribution in [3.8, 4) is 11.4 Å². The van der Waals surface area contributed by atoms with Crippen molar-refractivity contribution in [1.29, 1.82) is 0 Å². The van der Waals surface area contributed by atoms with Gasteiger partial charge < -0.3 is 9.64 Å². The van der Waals surface area contributed by atoms with Crippen LogP contribution in [0.4, 0.5) is 13.2 Å². The molecule has 1 unspecified atom stereocenters. The predicted octanol–water partition coefficient (Wildman–Crippen LogP) is 4.53. The summed E-state index contributed by atoms with van der Waals surface area (Å²) >= 11 is 0. The molecule has 1 fully saturated rings. The number of methoxy groups -OCH3 is 1. The molecule has 156 valence electrons. The number of rotatable bonds is 4. The van der Waals surface area contributed by atoms with Crippen LogP contribution in [0.2, 0.25) is 0 Å². The van der Waals surface area contributed by atoms with Crippen LogP contribution in [0.15, 0.2) is 60.8 Å². The van der Waals surface area contributed by atoms with Crippen molar-refractivity contribution in [2.75, 3.05) is 20.2 Å². The lowest BCUT2D eigenvalue weighted by Gasteiger charge is -2.17. The van der Waals surface area contributed by atoms with Gasteiger partial charge in [-0.2, -0.15) is 18.3 Å². The van der Waals surface area contributed by atoms with Crippen LogP contribution in [0.25, 0.3) is 5.69 Å². The van der Waals surface area contributed by atoms with Crippen LogP contribution in [-0.4, -0.2) is 40.8 Å². The van der Waals surface area contributed by atoms with Gasteiger partial charge in [0.15, 0.2) is 5.69 Å². The fourth-order valence-electron chi connectivity index (χ4n) is 3.65. The second-order valence-electron chi connectivity index (χ2n) is 7.20. The number of aromatic nitrogens is 2. The summed E-state index contributed by atoms with van der Waals surface area (Å²) in [5.41, 5.74) is 1.17. The summed E-state index contributed by atoms with van der Waals surface area (Å²) in [5.74, 6) is 0.974. The third-order valence-corrected chi connectivity index (χ3v) is 5.32. The second-order valence-corrected chi connectivity index (χ2v) is 7.20. The number of carbonyl (C=O) groups excluding carboxylic acids is 1. The van der Waals surface area contributed by atoms with Gasteiger partial charge in [0.1, 0.15) is 5.75 Å². The Morgan fingerprint density at radius 3 is 2.37 bits per heavy atom. The van der Waals surface area contributed by atoms with E-state index in [9.17, 15) is 18.0 Å². The molecule has 0 spiro atoms. The topological polar surface area (TPSA) is 47.4 Å². The minimum absolute atomic E-state index is 0.0889. The monoisotopic (exact) mass is 415 g/mol. The predicted molar refractivity (Wildman–Crippen MR) is 105 cm³/mol. The summed E-state index contributed by atoms with van der Waals surface area (Å²) in [4.78, 5) is 14.6. The molecule has 5 nitrogen and oxygen atoms in total. The zero-order valence-corrected chi connectivity index (χ0v) is 16.3. The van der Waals surface area contributed by atoms with Crippen LogP contribution < -0.4 is 4.74 Å². The van der Waals surface area contributed by atoms with E-state index < -0.39 is 11.9 Å². The number of halogens is 3. The van der Waals surface area contributed by atoms with Crippen molar-refractivity contribution in [3.05, 3.63) is 77.6 Å². The maximum atomic E-state index is 12.8. The molecule has 0 aliphatic carbocycles. The minimum Gasteiger partial charge on any atom is -0.497 e. The number of alkyl halides is 3. The van der Waals surface area contributed by atoms with E-state index >= 15 is 0 Å². The first-order valence-electron chi connectivity index (χ1n) is 9.51. The lowest BCUT2D eigenvalue weighted by atomic mass is 9.98. The summed E-state index contributed by atoms with van der Waals surface area (Å²) in [6, 6.07) is 15.2. The van der Waals surface area contributed by atoms with E-state index in [2.05, 4.69) is 5.10 Å². The molecule has 4 rings (SSSR count). The largest absolute Gasteiger partial charge is 0.497 e. The maximum Gasteiger partial charge on any atom is 0.435 e. The van der Waals surface area contributed by atoms with Gasteiger partial charge in [-0.15, -0.1) is 0 Å². The number of ether oxygens (including phenoxy) is 1. The van der Waals surface area contributed by atoms with Gasteiger partial charge in [0.2, 0.25) is 0 Å². The van der Waals surface area contributed by atoms with Crippen LogP contribution in [0.5, 0.6) is 5.75 Å². The summed E-state index contributed by atoms with van der Waals surface area (Å²) in [6.07, 6.45) is -2.36. The van der Waals surface area contributed by atoms with Gasteiger partial charge in [0.05, 0.1) is 12.8 Å². The highest BCUT2D eigenvalue weighted by Crippen LogP contribution is 2.30. The van der Waals surface area contributed by atoms with Crippen LogP contribution in [0, 0.1) is 0 Å². The van der Waals surface area contributed by atoms with Crippen molar-refractivity contribution in [1.82, 2.24) is 14.7 Å². The Morgan fingerprint density at radius 2 is 1.77 bits per heavy atom. The molecule has 30 heavy (non-hydrogen) atoms. The number of carbonyl (C=O) groups is 1. The zero-order chi connectivity index (χ0) is 21.3. The molecular weight excluding hydrogens is 395 g/mol. The summed E-state index contributed by atoms with van der Waals surface area (Å²) in [5, 5.41) is 3.55. The molecule has 0 N–H and O–H groups in total. The highest BCUT2D eigenvalue weighted by atomic mass is 19.4. The smallest absolute Gasteiger partial charge is 0.435 e. The Labute approximate surface area is 171 Å². The van der Waals surface area contributed by atoms with Gasteiger partial charge in [-0.25, -0.2) is 4.68 Å². The molecule has 0 radical (unpaired) electrons. The molecule has 1 atom stereocenters. The van der Waals surface area contributed by atoms with Crippen molar-refractivity contribution >= 4 is 5.91 Å². The number of benzene rings is 2. The van der Waals surface area contributed by atoms with Crippen LogP contribution in [0.3, 0.4) is 0 Å². The summed E-state index contributed by atoms with van der Waals surface area (Å²) in [7, 11) is 1.62. The Kier molecular flexibility index (Phi) is 5.24. The first kappa shape index (κ1) is 20.0. The lowest BCUT2D eigenvalue weighted by Crippen LogP contribution is -2.28. The minimum atomic E-state index is -4.49. The standard InChI is InChI=1S/C22H20F3N3O2/c1-30-19-8-4-15(5-9-19)17-10-12-27(14-17)21(29)16-2-6-18(7-3-16)28-13-11-20(26-28)22(23,24)25/h2-9,11,13,17H,10,12,14H2,1H3. The molecule has 0 bridgehead atoms. The molecular formula is C22H20F3N3O2. The Morgan fingerprint density at radius 1 is 1.07 bits per heavy atom. The molecule has 1 aromatic heterocycles. The number of nitrogens with zero attached hydrogens (tertiary/aromatic N) is 3. The van der Waals surface area contributed by atoms with Gasteiger partial charge >= 0.3 is 6.18 Å². The van der Waals surface area contributed by atoms with Gasteiger partial charge in [-0.3, -0.25) is 4.79 Å². The third kappa shape index (κ3) is 4.03. The Bertz CT molecular complexity index is 1030. The highest BCUT2D eigenvalue weighted by molar-refractivity contribution is 5.94. The first-order valence-corrected chi connectivity index (χ1v) is 9.51. The molecule has 0 saturated carbocycles. The average Bonchev–Trinajstić information content (AvgIpc) is 3.43. The van der Waals surface area contributed by atoms with E-state index in [1.165, 1.54) is 11.8 Å². The number of amides is 1. The number of likely N-dealkylation sites (tertiary alicyclic amines) is 1. The fraction of sp³-hybridized carbons (Fsp3) is 0.273. The van der Waals surface area contributed by atoms with Gasteiger partial charge in [0.25, 0.3) is 5.91 Å². The van der Waals surface area contributed by atoms with E-state index in [0.29, 0.717) is 24.3 Å². The normalized spacial score (nSPS) is 16.7. The molecule has 2 aromatic carbocycles. The van der Waals surface area contributed by atoms with Crippen LogP contribution >= 0.6 is 0 Å². The summed E-state index contributed by atoms with van der Waals surface area (Å²) < 4.78 is 44.5. The number of hydrogen-bond acceptors (Lipinski definition) is 3. The van der Waals surface area contributed by atoms with Gasteiger partial charge in [-0.1, -0.05) is 12.1 Å². The third-order valence-electron chi connectivity index (χ3n) is 5.32. The summed E-state index contributed by atoms with van der Waals surface area (Å²) in [6.45, 7) is 1.28. The molecule has 1 saturated heterocycles. The SMILES string of the molecule is COc1ccc(C2CCN(C(=O)c3ccc(-n4ccc(C(F)(F)F)n4)cc3)C2)cc1. The quantitative estimate of drug-likeness (QED) is 0.629. The molecule has 1 amide bonds. The van der Waals surface area contributed by atoms with Gasteiger partial charge in [0, 0.05) is 30.8 Å². The van der Waals surface area contributed by atoms with E-state index in [1.807, 2.05) is 24.3 Å². The van der Waals surface area contributed by atoms with Crippen LogP contribution in [0.1, 0.15) is 34.0 Å². The van der Waals surface area contributed by atoms with E-state index in [0.717, 1.165) is 22.9 Å². The van der Waals surface area contributed by atoms with Crippen LogP contribution in [-0.2, 0) is 6.18 Å². The van der Waals surface area contributed by atoms with E-state index in [1.54, 1.807) is 36.3 Å². The van der Waals surface area contributed by atoms with Crippen molar-refractivity contribution < 1.29 is 22.7 Å². The van der Waals surface area contributed by atoms with Gasteiger partial charge in [-0.05, 0) is 54.4 Å². The lowest BCUT2D eigenvalue weighted by molar-refractivity contribution is -0.141. The maximum absolute atomic E-state index is 12.8. The Balaban J connectivity index is 1.43. The zero-order valence-electron chi connectivity index (χ0n) is 16.3. The van der Waals surface area contributed by atoms with Crippen molar-refractivity contribution in [2.24, 2.45) is 0 Å². The van der Waals surface area contributed by atoms with E-state index in [4.69, 9.17) is 4.74 Å². The number of hydrogen-bond donors (Lipinski definition) is 0. The Hall–Kier alpha value is -3.29. The first-order chi connectivity index (χ1) is 14.3. The van der Waals surface area contributed by atoms with E-state index in [-0.39, 0.29) is 11.8 Å². The van der Waals surface area contributed by atoms with Crippen molar-refractivity contribution in [3.63, 3.8) is 0 Å². The highest BCUT2D eigenvalue weighted by Gasteiger charge is 2.33. The molecule has 8 heteroatoms. The molecule has 2 heterocycles. The second kappa shape index (κ2) is 7.85.